The van der Waals surface area contributed by atoms with Gasteiger partial charge in [0, 0.05) is 5.56 Å². The maximum absolute atomic E-state index is 9.90. The van der Waals surface area contributed by atoms with Gasteiger partial charge in [-0.05, 0) is 6.07 Å². The van der Waals surface area contributed by atoms with Gasteiger partial charge in [0.05, 0.1) is 31.4 Å². The van der Waals surface area contributed by atoms with Crippen LogP contribution in [0.5, 0.6) is 11.5 Å². The van der Waals surface area contributed by atoms with Gasteiger partial charge in [0.15, 0.2) is 11.5 Å². The summed E-state index contributed by atoms with van der Waals surface area (Å²) in [6.45, 7) is 0.424. The number of benzene rings is 1. The Kier molecular flexibility index (Phi) is 3.49. The number of aromatic hydroxyl groups is 1. The fourth-order valence-electron chi connectivity index (χ4n) is 1.51. The number of alkyl halides is 1. The molecule has 0 bridgehead atoms. The Labute approximate surface area is 104 Å². The molecule has 0 amide bonds. The summed E-state index contributed by atoms with van der Waals surface area (Å²) in [7, 11) is 1.51. The van der Waals surface area contributed by atoms with Crippen molar-refractivity contribution in [1.29, 1.82) is 0 Å². The molecular formula is C11H12ClN3O2. The average molecular weight is 254 g/mol. The summed E-state index contributed by atoms with van der Waals surface area (Å²) in [5.41, 5.74) is 1.42. The van der Waals surface area contributed by atoms with Crippen LogP contribution in [0.15, 0.2) is 24.4 Å². The summed E-state index contributed by atoms with van der Waals surface area (Å²) in [6, 6.07) is 5.32. The van der Waals surface area contributed by atoms with Gasteiger partial charge in [0.25, 0.3) is 0 Å². The standard InChI is InChI=1S/C11H12ClN3O2/c1-17-10-4-2-3-8(11(10)16)6-15-7-9(5-12)13-14-15/h2-4,7,16H,5-6H2,1H3. The molecule has 5 nitrogen and oxygen atoms in total. The van der Waals surface area contributed by atoms with Gasteiger partial charge in [0.2, 0.25) is 0 Å². The lowest BCUT2D eigenvalue weighted by Gasteiger charge is -2.08. The van der Waals surface area contributed by atoms with Crippen molar-refractivity contribution >= 4 is 11.6 Å². The van der Waals surface area contributed by atoms with Crippen molar-refractivity contribution in [2.45, 2.75) is 12.4 Å². The predicted molar refractivity (Wildman–Crippen MR) is 63.3 cm³/mol. The van der Waals surface area contributed by atoms with Crippen molar-refractivity contribution < 1.29 is 9.84 Å². The second-order valence-corrected chi connectivity index (χ2v) is 3.78. The summed E-state index contributed by atoms with van der Waals surface area (Å²) < 4.78 is 6.65. The number of hydrogen-bond acceptors (Lipinski definition) is 4. The molecule has 2 aromatic rings. The van der Waals surface area contributed by atoms with Crippen LogP contribution in [-0.4, -0.2) is 27.2 Å². The Morgan fingerprint density at radius 2 is 2.29 bits per heavy atom. The van der Waals surface area contributed by atoms with Crippen LogP contribution >= 0.6 is 11.6 Å². The molecule has 0 aliphatic rings. The Balaban J connectivity index is 2.23. The first-order valence-corrected chi connectivity index (χ1v) is 5.58. The van der Waals surface area contributed by atoms with E-state index in [9.17, 15) is 5.11 Å². The molecule has 1 aromatic heterocycles. The average Bonchev–Trinajstić information content (AvgIpc) is 2.79. The molecule has 0 unspecified atom stereocenters. The second kappa shape index (κ2) is 5.05. The minimum absolute atomic E-state index is 0.123. The van der Waals surface area contributed by atoms with Gasteiger partial charge in [-0.15, -0.1) is 16.7 Å². The van der Waals surface area contributed by atoms with E-state index in [0.29, 0.717) is 23.9 Å². The molecule has 0 atom stereocenters. The highest BCUT2D eigenvalue weighted by Gasteiger charge is 2.08. The van der Waals surface area contributed by atoms with E-state index in [1.807, 2.05) is 6.07 Å². The van der Waals surface area contributed by atoms with Gasteiger partial charge in [-0.25, -0.2) is 4.68 Å². The summed E-state index contributed by atoms with van der Waals surface area (Å²) in [5.74, 6) is 0.891. The monoisotopic (exact) mass is 253 g/mol. The quantitative estimate of drug-likeness (QED) is 0.844. The highest BCUT2D eigenvalue weighted by Crippen LogP contribution is 2.29. The zero-order valence-corrected chi connectivity index (χ0v) is 10.1. The van der Waals surface area contributed by atoms with Crippen molar-refractivity contribution in [2.24, 2.45) is 0 Å². The largest absolute Gasteiger partial charge is 0.504 e. The number of rotatable bonds is 4. The van der Waals surface area contributed by atoms with Crippen LogP contribution < -0.4 is 4.74 Å². The number of ether oxygens (including phenoxy) is 1. The number of hydrogen-bond donors (Lipinski definition) is 1. The van der Waals surface area contributed by atoms with E-state index in [0.717, 1.165) is 5.56 Å². The van der Waals surface area contributed by atoms with Crippen LogP contribution in [-0.2, 0) is 12.4 Å². The third-order valence-electron chi connectivity index (χ3n) is 2.36. The molecule has 6 heteroatoms. The van der Waals surface area contributed by atoms with E-state index < -0.39 is 0 Å². The van der Waals surface area contributed by atoms with Gasteiger partial charge in [0.1, 0.15) is 0 Å². The molecule has 1 aromatic carbocycles. The topological polar surface area (TPSA) is 60.2 Å². The van der Waals surface area contributed by atoms with Gasteiger partial charge in [-0.2, -0.15) is 0 Å². The lowest BCUT2D eigenvalue weighted by Crippen LogP contribution is -2.01. The first-order chi connectivity index (χ1) is 8.24. The normalized spacial score (nSPS) is 10.5. The Morgan fingerprint density at radius 1 is 1.47 bits per heavy atom. The molecule has 2 rings (SSSR count). The zero-order valence-electron chi connectivity index (χ0n) is 9.30. The van der Waals surface area contributed by atoms with Crippen LogP contribution in [0.3, 0.4) is 0 Å². The van der Waals surface area contributed by atoms with Crippen LogP contribution in [0.1, 0.15) is 11.3 Å². The Morgan fingerprint density at radius 3 is 2.94 bits per heavy atom. The van der Waals surface area contributed by atoms with E-state index >= 15 is 0 Å². The summed E-state index contributed by atoms with van der Waals surface area (Å²) in [4.78, 5) is 0. The summed E-state index contributed by atoms with van der Waals surface area (Å²) >= 11 is 5.64. The summed E-state index contributed by atoms with van der Waals surface area (Å²) in [5, 5.41) is 17.7. The SMILES string of the molecule is COc1cccc(Cn2cc(CCl)nn2)c1O. The molecule has 0 fully saturated rings. The lowest BCUT2D eigenvalue weighted by atomic mass is 10.2. The van der Waals surface area contributed by atoms with Gasteiger partial charge in [-0.3, -0.25) is 0 Å². The van der Waals surface area contributed by atoms with Crippen molar-refractivity contribution in [3.8, 4) is 11.5 Å². The third kappa shape index (κ3) is 2.50. The Hall–Kier alpha value is -1.75. The predicted octanol–water partition coefficient (Wildman–Crippen LogP) is 1.78. The number of para-hydroxylation sites is 1. The summed E-state index contributed by atoms with van der Waals surface area (Å²) in [6.07, 6.45) is 1.74. The maximum atomic E-state index is 9.90. The van der Waals surface area contributed by atoms with Crippen LogP contribution in [0.2, 0.25) is 0 Å². The number of phenolic OH excluding ortho intramolecular Hbond substituents is 1. The number of methoxy groups -OCH3 is 1. The molecule has 1 N–H and O–H groups in total. The fourth-order valence-corrected chi connectivity index (χ4v) is 1.63. The van der Waals surface area contributed by atoms with Gasteiger partial charge in [-0.1, -0.05) is 17.3 Å². The minimum atomic E-state index is 0.123. The molecule has 90 valence electrons. The molecule has 0 radical (unpaired) electrons. The third-order valence-corrected chi connectivity index (χ3v) is 2.63. The highest BCUT2D eigenvalue weighted by atomic mass is 35.5. The maximum Gasteiger partial charge on any atom is 0.162 e. The van der Waals surface area contributed by atoms with Gasteiger partial charge < -0.3 is 9.84 Å². The van der Waals surface area contributed by atoms with Crippen molar-refractivity contribution in [1.82, 2.24) is 15.0 Å². The molecule has 0 aliphatic heterocycles. The van der Waals surface area contributed by atoms with Crippen LogP contribution in [0.25, 0.3) is 0 Å². The molecule has 0 spiro atoms. The first kappa shape index (κ1) is 11.7. The Bertz CT molecular complexity index is 513. The van der Waals surface area contributed by atoms with E-state index in [1.165, 1.54) is 7.11 Å². The first-order valence-electron chi connectivity index (χ1n) is 5.04. The lowest BCUT2D eigenvalue weighted by molar-refractivity contribution is 0.369. The van der Waals surface area contributed by atoms with Crippen molar-refractivity contribution in [3.05, 3.63) is 35.7 Å². The fraction of sp³-hybridized carbons (Fsp3) is 0.273. The van der Waals surface area contributed by atoms with Crippen LogP contribution in [0.4, 0.5) is 0 Å². The molecule has 0 aliphatic carbocycles. The molecule has 1 heterocycles. The van der Waals surface area contributed by atoms with E-state index in [1.54, 1.807) is 23.0 Å². The van der Waals surface area contributed by atoms with Crippen molar-refractivity contribution in [2.75, 3.05) is 7.11 Å². The smallest absolute Gasteiger partial charge is 0.162 e. The van der Waals surface area contributed by atoms with Crippen LogP contribution in [0, 0.1) is 0 Å². The molecule has 0 saturated heterocycles. The minimum Gasteiger partial charge on any atom is -0.504 e. The molecule has 17 heavy (non-hydrogen) atoms. The number of phenols is 1. The van der Waals surface area contributed by atoms with Gasteiger partial charge >= 0.3 is 0 Å². The molecule has 0 saturated carbocycles. The van der Waals surface area contributed by atoms with E-state index in [4.69, 9.17) is 16.3 Å². The molecular weight excluding hydrogens is 242 g/mol. The highest BCUT2D eigenvalue weighted by molar-refractivity contribution is 6.16. The van der Waals surface area contributed by atoms with E-state index in [2.05, 4.69) is 10.3 Å². The number of aromatic nitrogens is 3. The second-order valence-electron chi connectivity index (χ2n) is 3.51. The number of nitrogens with zero attached hydrogens (tertiary/aromatic N) is 3. The van der Waals surface area contributed by atoms with E-state index in [-0.39, 0.29) is 5.75 Å². The number of halogens is 1. The zero-order chi connectivity index (χ0) is 12.3. The van der Waals surface area contributed by atoms with Crippen molar-refractivity contribution in [3.63, 3.8) is 0 Å².